The molecule has 0 saturated heterocycles. The number of rotatable bonds is 7. The van der Waals surface area contributed by atoms with Crippen LogP contribution >= 0.6 is 0 Å². The lowest BCUT2D eigenvalue weighted by atomic mass is 10.2. The van der Waals surface area contributed by atoms with Gasteiger partial charge in [-0.05, 0) is 55.5 Å². The van der Waals surface area contributed by atoms with E-state index in [1.807, 2.05) is 0 Å². The number of carbonyl (C=O) groups is 2. The van der Waals surface area contributed by atoms with Crippen LogP contribution in [-0.2, 0) is 9.53 Å². The van der Waals surface area contributed by atoms with Gasteiger partial charge in [-0.25, -0.2) is 4.79 Å². The summed E-state index contributed by atoms with van der Waals surface area (Å²) < 4.78 is 15.1. The Kier molecular flexibility index (Phi) is 6.19. The fraction of sp³-hybridized carbons (Fsp3) is 0.222. The zero-order valence-electron chi connectivity index (χ0n) is 13.6. The molecule has 2 rings (SSSR count). The van der Waals surface area contributed by atoms with E-state index in [1.165, 1.54) is 0 Å². The van der Waals surface area contributed by atoms with Crippen molar-refractivity contribution in [2.45, 2.75) is 6.92 Å². The molecule has 0 aliphatic carbocycles. The third-order valence-electron chi connectivity index (χ3n) is 3.13. The average Bonchev–Trinajstić information content (AvgIpc) is 2.61. The number of anilines is 1. The van der Waals surface area contributed by atoms with Crippen molar-refractivity contribution in [2.24, 2.45) is 0 Å². The molecule has 1 N–H and O–H groups in total. The molecule has 0 bridgehead atoms. The number of methoxy groups -OCH3 is 1. The fourth-order valence-electron chi connectivity index (χ4n) is 1.93. The summed E-state index contributed by atoms with van der Waals surface area (Å²) in [5.41, 5.74) is 1.15. The van der Waals surface area contributed by atoms with Crippen molar-refractivity contribution in [3.63, 3.8) is 0 Å². The lowest BCUT2D eigenvalue weighted by Crippen LogP contribution is -2.15. The van der Waals surface area contributed by atoms with Gasteiger partial charge in [-0.3, -0.25) is 4.79 Å². The number of nitrogens with one attached hydrogen (secondary N) is 1. The Morgan fingerprint density at radius 1 is 0.958 bits per heavy atom. The quantitative estimate of drug-likeness (QED) is 0.791. The minimum Gasteiger partial charge on any atom is -0.497 e. The van der Waals surface area contributed by atoms with Crippen molar-refractivity contribution in [1.82, 2.24) is 0 Å². The number of amides is 1. The van der Waals surface area contributed by atoms with Crippen LogP contribution in [0.15, 0.2) is 48.5 Å². The standard InChI is InChI=1S/C18H19NO5/c1-3-23-17(20)12-24-16-8-4-13(5-9-16)18(21)19-14-6-10-15(22-2)11-7-14/h4-11H,3,12H2,1-2H3,(H,19,21). The van der Waals surface area contributed by atoms with E-state index in [2.05, 4.69) is 5.32 Å². The molecule has 2 aromatic rings. The highest BCUT2D eigenvalue weighted by molar-refractivity contribution is 6.04. The number of esters is 1. The van der Waals surface area contributed by atoms with Crippen molar-refractivity contribution in [2.75, 3.05) is 25.6 Å². The van der Waals surface area contributed by atoms with Crippen LogP contribution < -0.4 is 14.8 Å². The van der Waals surface area contributed by atoms with Gasteiger partial charge in [-0.1, -0.05) is 0 Å². The first kappa shape index (κ1) is 17.3. The van der Waals surface area contributed by atoms with E-state index < -0.39 is 5.97 Å². The predicted octanol–water partition coefficient (Wildman–Crippen LogP) is 2.89. The normalized spacial score (nSPS) is 9.92. The first-order valence-corrected chi connectivity index (χ1v) is 7.46. The lowest BCUT2D eigenvalue weighted by molar-refractivity contribution is -0.145. The molecule has 0 fully saturated rings. The summed E-state index contributed by atoms with van der Waals surface area (Å²) in [6.07, 6.45) is 0. The highest BCUT2D eigenvalue weighted by Crippen LogP contribution is 2.17. The molecule has 0 radical (unpaired) electrons. The van der Waals surface area contributed by atoms with Gasteiger partial charge in [0.05, 0.1) is 13.7 Å². The molecule has 24 heavy (non-hydrogen) atoms. The SMILES string of the molecule is CCOC(=O)COc1ccc(C(=O)Nc2ccc(OC)cc2)cc1. The van der Waals surface area contributed by atoms with E-state index in [1.54, 1.807) is 62.6 Å². The van der Waals surface area contributed by atoms with Crippen LogP contribution in [0.5, 0.6) is 11.5 Å². The van der Waals surface area contributed by atoms with Crippen molar-refractivity contribution in [3.8, 4) is 11.5 Å². The Hall–Kier alpha value is -3.02. The minimum absolute atomic E-state index is 0.161. The summed E-state index contributed by atoms with van der Waals surface area (Å²) in [4.78, 5) is 23.4. The zero-order valence-corrected chi connectivity index (χ0v) is 13.6. The molecular weight excluding hydrogens is 310 g/mol. The smallest absolute Gasteiger partial charge is 0.344 e. The van der Waals surface area contributed by atoms with E-state index in [0.29, 0.717) is 23.6 Å². The molecule has 0 aliphatic heterocycles. The van der Waals surface area contributed by atoms with Gasteiger partial charge in [-0.15, -0.1) is 0 Å². The van der Waals surface area contributed by atoms with Crippen LogP contribution in [0.1, 0.15) is 17.3 Å². The van der Waals surface area contributed by atoms with Crippen LogP contribution in [-0.4, -0.2) is 32.2 Å². The summed E-state index contributed by atoms with van der Waals surface area (Å²) >= 11 is 0. The average molecular weight is 329 g/mol. The second kappa shape index (κ2) is 8.57. The maximum Gasteiger partial charge on any atom is 0.344 e. The van der Waals surface area contributed by atoms with E-state index in [-0.39, 0.29) is 12.5 Å². The van der Waals surface area contributed by atoms with E-state index >= 15 is 0 Å². The first-order chi connectivity index (χ1) is 11.6. The van der Waals surface area contributed by atoms with Gasteiger partial charge in [0, 0.05) is 11.3 Å². The predicted molar refractivity (Wildman–Crippen MR) is 89.5 cm³/mol. The van der Waals surface area contributed by atoms with Crippen LogP contribution in [0, 0.1) is 0 Å². The number of benzene rings is 2. The van der Waals surface area contributed by atoms with Crippen LogP contribution in [0.2, 0.25) is 0 Å². The molecule has 0 heterocycles. The maximum atomic E-state index is 12.2. The van der Waals surface area contributed by atoms with Gasteiger partial charge >= 0.3 is 5.97 Å². The van der Waals surface area contributed by atoms with Crippen LogP contribution in [0.3, 0.4) is 0 Å². The maximum absolute atomic E-state index is 12.2. The summed E-state index contributed by atoms with van der Waals surface area (Å²) in [6, 6.07) is 13.5. The second-order valence-corrected chi connectivity index (χ2v) is 4.80. The summed E-state index contributed by atoms with van der Waals surface area (Å²) in [7, 11) is 1.58. The molecule has 126 valence electrons. The van der Waals surface area contributed by atoms with E-state index in [9.17, 15) is 9.59 Å². The molecule has 0 unspecified atom stereocenters. The Balaban J connectivity index is 1.91. The number of carbonyl (C=O) groups excluding carboxylic acids is 2. The molecule has 0 aliphatic rings. The molecule has 6 heteroatoms. The third-order valence-corrected chi connectivity index (χ3v) is 3.13. The zero-order chi connectivity index (χ0) is 17.4. The Labute approximate surface area is 140 Å². The molecular formula is C18H19NO5. The van der Waals surface area contributed by atoms with Gasteiger partial charge in [0.1, 0.15) is 11.5 Å². The fourth-order valence-corrected chi connectivity index (χ4v) is 1.93. The second-order valence-electron chi connectivity index (χ2n) is 4.80. The molecule has 2 aromatic carbocycles. The lowest BCUT2D eigenvalue weighted by Gasteiger charge is -2.08. The molecule has 0 aromatic heterocycles. The monoisotopic (exact) mass is 329 g/mol. The van der Waals surface area contributed by atoms with Crippen molar-refractivity contribution >= 4 is 17.6 Å². The Morgan fingerprint density at radius 3 is 2.17 bits per heavy atom. The highest BCUT2D eigenvalue weighted by Gasteiger charge is 2.08. The van der Waals surface area contributed by atoms with Crippen molar-refractivity contribution in [1.29, 1.82) is 0 Å². The van der Waals surface area contributed by atoms with E-state index in [4.69, 9.17) is 14.2 Å². The molecule has 0 atom stereocenters. The topological polar surface area (TPSA) is 73.9 Å². The number of hydrogen-bond acceptors (Lipinski definition) is 5. The molecule has 1 amide bonds. The summed E-state index contributed by atoms with van der Waals surface area (Å²) in [6.45, 7) is 1.88. The Morgan fingerprint density at radius 2 is 1.58 bits per heavy atom. The van der Waals surface area contributed by atoms with Gasteiger partial charge in [0.2, 0.25) is 0 Å². The Bertz CT molecular complexity index is 680. The third kappa shape index (κ3) is 5.01. The number of hydrogen-bond donors (Lipinski definition) is 1. The van der Waals surface area contributed by atoms with Crippen LogP contribution in [0.4, 0.5) is 5.69 Å². The van der Waals surface area contributed by atoms with Gasteiger partial charge < -0.3 is 19.5 Å². The molecule has 0 saturated carbocycles. The van der Waals surface area contributed by atoms with Gasteiger partial charge in [0.25, 0.3) is 5.91 Å². The van der Waals surface area contributed by atoms with Crippen molar-refractivity contribution < 1.29 is 23.8 Å². The van der Waals surface area contributed by atoms with Gasteiger partial charge in [0.15, 0.2) is 6.61 Å². The van der Waals surface area contributed by atoms with Gasteiger partial charge in [-0.2, -0.15) is 0 Å². The largest absolute Gasteiger partial charge is 0.497 e. The minimum atomic E-state index is -0.432. The molecule has 6 nitrogen and oxygen atoms in total. The summed E-state index contributed by atoms with van der Waals surface area (Å²) in [5.74, 6) is 0.538. The summed E-state index contributed by atoms with van der Waals surface area (Å²) in [5, 5.41) is 2.79. The molecule has 0 spiro atoms. The first-order valence-electron chi connectivity index (χ1n) is 7.46. The van der Waals surface area contributed by atoms with E-state index in [0.717, 1.165) is 5.75 Å². The van der Waals surface area contributed by atoms with Crippen molar-refractivity contribution in [3.05, 3.63) is 54.1 Å². The highest BCUT2D eigenvalue weighted by atomic mass is 16.6. The van der Waals surface area contributed by atoms with Crippen LogP contribution in [0.25, 0.3) is 0 Å². The number of ether oxygens (including phenoxy) is 3.